The summed E-state index contributed by atoms with van der Waals surface area (Å²) in [7, 11) is -2.45. The predicted octanol–water partition coefficient (Wildman–Crippen LogP) is 3.54. The molecule has 3 aromatic rings. The highest BCUT2D eigenvalue weighted by atomic mass is 32.2. The number of aromatic nitrogens is 1. The summed E-state index contributed by atoms with van der Waals surface area (Å²) in [5.74, 6) is -0.468. The van der Waals surface area contributed by atoms with Crippen molar-refractivity contribution in [3.63, 3.8) is 0 Å². The molecule has 12 nitrogen and oxygen atoms in total. The van der Waals surface area contributed by atoms with Gasteiger partial charge in [0.25, 0.3) is 10.0 Å². The number of urea groups is 1. The number of ether oxygens (including phenoxy) is 1. The number of carbonyl (C=O) groups excluding carboxylic acids is 2. The van der Waals surface area contributed by atoms with Gasteiger partial charge in [0.05, 0.1) is 25.6 Å². The topological polar surface area (TPSA) is 154 Å². The number of anilines is 2. The van der Waals surface area contributed by atoms with Crippen LogP contribution in [-0.4, -0.2) is 79.3 Å². The van der Waals surface area contributed by atoms with Crippen LogP contribution in [0.2, 0.25) is 0 Å². The van der Waals surface area contributed by atoms with Gasteiger partial charge in [-0.3, -0.25) is 9.52 Å². The van der Waals surface area contributed by atoms with Crippen molar-refractivity contribution in [3.05, 3.63) is 65.3 Å². The quantitative estimate of drug-likeness (QED) is 0.347. The molecule has 0 bridgehead atoms. The number of aliphatic hydroxyl groups excluding tert-OH is 1. The zero-order chi connectivity index (χ0) is 31.5. The SMILES string of the molecule is Cc1noc(C)c1S(=O)(=O)Nc1ccc2c(c1)CC(=O)N([C@@H](C)CO)C[C@@H](C)[C@H](CN(C)C(=O)Nc1ccc(F)cc1)O2. The van der Waals surface area contributed by atoms with Gasteiger partial charge in [0, 0.05) is 36.4 Å². The number of benzene rings is 2. The number of aryl methyl sites for hydroxylation is 2. The van der Waals surface area contributed by atoms with E-state index in [0.29, 0.717) is 17.0 Å². The largest absolute Gasteiger partial charge is 0.488 e. The maximum absolute atomic E-state index is 13.5. The second-order valence-electron chi connectivity index (χ2n) is 10.8. The lowest BCUT2D eigenvalue weighted by atomic mass is 10.0. The van der Waals surface area contributed by atoms with Gasteiger partial charge < -0.3 is 29.5 Å². The molecule has 0 unspecified atom stereocenters. The molecule has 3 N–H and O–H groups in total. The van der Waals surface area contributed by atoms with Crippen molar-refractivity contribution in [3.8, 4) is 5.75 Å². The van der Waals surface area contributed by atoms with Crippen LogP contribution < -0.4 is 14.8 Å². The molecule has 3 amide bonds. The second-order valence-corrected chi connectivity index (χ2v) is 12.4. The smallest absolute Gasteiger partial charge is 0.321 e. The van der Waals surface area contributed by atoms with Crippen LogP contribution in [0.15, 0.2) is 51.9 Å². The maximum Gasteiger partial charge on any atom is 0.321 e. The molecule has 0 saturated carbocycles. The van der Waals surface area contributed by atoms with Crippen molar-refractivity contribution in [2.24, 2.45) is 5.92 Å². The first-order valence-corrected chi connectivity index (χ1v) is 15.2. The molecule has 0 saturated heterocycles. The summed E-state index contributed by atoms with van der Waals surface area (Å²) in [6.07, 6.45) is -0.701. The maximum atomic E-state index is 13.5. The van der Waals surface area contributed by atoms with Crippen LogP contribution in [-0.2, 0) is 21.2 Å². The van der Waals surface area contributed by atoms with E-state index in [1.807, 2.05) is 6.92 Å². The molecule has 14 heteroatoms. The molecule has 2 aromatic carbocycles. The fourth-order valence-corrected chi connectivity index (χ4v) is 6.26. The number of hydrogen-bond donors (Lipinski definition) is 3. The lowest BCUT2D eigenvalue weighted by Gasteiger charge is -2.34. The van der Waals surface area contributed by atoms with E-state index in [2.05, 4.69) is 15.2 Å². The third kappa shape index (κ3) is 7.43. The first-order chi connectivity index (χ1) is 20.3. The molecule has 1 aliphatic heterocycles. The Bertz CT molecular complexity index is 1560. The van der Waals surface area contributed by atoms with Crippen molar-refractivity contribution < 1.29 is 36.8 Å². The second kappa shape index (κ2) is 13.0. The van der Waals surface area contributed by atoms with Crippen molar-refractivity contribution >= 4 is 33.3 Å². The zero-order valence-electron chi connectivity index (χ0n) is 24.6. The first kappa shape index (κ1) is 31.8. The first-order valence-electron chi connectivity index (χ1n) is 13.7. The normalized spacial score (nSPS) is 18.0. The van der Waals surface area contributed by atoms with E-state index < -0.39 is 34.0 Å². The molecular formula is C29H36FN5O7S. The lowest BCUT2D eigenvalue weighted by molar-refractivity contribution is -0.134. The fourth-order valence-electron chi connectivity index (χ4n) is 4.88. The Morgan fingerprint density at radius 3 is 2.51 bits per heavy atom. The van der Waals surface area contributed by atoms with E-state index in [9.17, 15) is 27.5 Å². The van der Waals surface area contributed by atoms with Gasteiger partial charge in [0.2, 0.25) is 5.91 Å². The Hall–Kier alpha value is -4.17. The number of carbonyl (C=O) groups is 2. The van der Waals surface area contributed by atoms with E-state index in [4.69, 9.17) is 9.26 Å². The summed E-state index contributed by atoms with van der Waals surface area (Å²) in [6, 6.07) is 9.10. The predicted molar refractivity (Wildman–Crippen MR) is 157 cm³/mol. The number of likely N-dealkylation sites (N-methyl/N-ethyl adjacent to an activating group) is 1. The third-order valence-electron chi connectivity index (χ3n) is 7.30. The number of amides is 3. The Labute approximate surface area is 249 Å². The molecule has 0 aliphatic carbocycles. The minimum atomic E-state index is -4.04. The van der Waals surface area contributed by atoms with Gasteiger partial charge in [0.1, 0.15) is 23.4 Å². The highest BCUT2D eigenvalue weighted by Gasteiger charge is 2.32. The van der Waals surface area contributed by atoms with Gasteiger partial charge in [-0.1, -0.05) is 12.1 Å². The molecule has 1 aliphatic rings. The van der Waals surface area contributed by atoms with Crippen LogP contribution in [0.25, 0.3) is 0 Å². The van der Waals surface area contributed by atoms with Crippen LogP contribution >= 0.6 is 0 Å². The Kier molecular flexibility index (Phi) is 9.60. The highest BCUT2D eigenvalue weighted by Crippen LogP contribution is 2.31. The van der Waals surface area contributed by atoms with Gasteiger partial charge in [-0.05, 0) is 63.2 Å². The molecule has 43 heavy (non-hydrogen) atoms. The van der Waals surface area contributed by atoms with Gasteiger partial charge in [-0.2, -0.15) is 0 Å². The Morgan fingerprint density at radius 1 is 1.21 bits per heavy atom. The number of sulfonamides is 1. The molecule has 0 fully saturated rings. The summed E-state index contributed by atoms with van der Waals surface area (Å²) in [6.45, 7) is 6.76. The molecule has 3 atom stereocenters. The van der Waals surface area contributed by atoms with Crippen LogP contribution in [0.3, 0.4) is 0 Å². The molecule has 0 radical (unpaired) electrons. The fraction of sp³-hybridized carbons (Fsp3) is 0.414. The van der Waals surface area contributed by atoms with E-state index in [1.165, 1.54) is 55.1 Å². The molecule has 4 rings (SSSR count). The summed E-state index contributed by atoms with van der Waals surface area (Å²) >= 11 is 0. The number of hydrogen-bond acceptors (Lipinski definition) is 8. The average molecular weight is 618 g/mol. The summed E-state index contributed by atoms with van der Waals surface area (Å²) in [5.41, 5.74) is 1.27. The van der Waals surface area contributed by atoms with Crippen molar-refractivity contribution in [2.45, 2.75) is 51.2 Å². The Balaban J connectivity index is 1.62. The van der Waals surface area contributed by atoms with Gasteiger partial charge in [0.15, 0.2) is 10.7 Å². The van der Waals surface area contributed by atoms with Gasteiger partial charge in [-0.25, -0.2) is 17.6 Å². The van der Waals surface area contributed by atoms with Crippen LogP contribution in [0.4, 0.5) is 20.6 Å². The molecule has 1 aromatic heterocycles. The standard InChI is InChI=1S/C29H36FN5O7S/c1-17-14-35(18(2)16-36)27(37)13-21-12-24(33-43(39,40)28-19(3)32-42-20(28)4)10-11-25(21)41-26(17)15-34(5)29(38)31-23-8-6-22(30)7-9-23/h6-12,17-18,26,33,36H,13-16H2,1-5H3,(H,31,38)/t17-,18+,26+/m1/s1. The summed E-state index contributed by atoms with van der Waals surface area (Å²) < 4.78 is 53.5. The van der Waals surface area contributed by atoms with E-state index >= 15 is 0 Å². The van der Waals surface area contributed by atoms with Crippen molar-refractivity contribution in [1.82, 2.24) is 15.0 Å². The Morgan fingerprint density at radius 2 is 1.88 bits per heavy atom. The molecular weight excluding hydrogens is 581 g/mol. The van der Waals surface area contributed by atoms with Crippen LogP contribution in [0.5, 0.6) is 5.75 Å². The monoisotopic (exact) mass is 617 g/mol. The molecule has 232 valence electrons. The van der Waals surface area contributed by atoms with E-state index in [1.54, 1.807) is 24.9 Å². The zero-order valence-corrected chi connectivity index (χ0v) is 25.4. The number of halogens is 1. The number of rotatable bonds is 8. The summed E-state index contributed by atoms with van der Waals surface area (Å²) in [4.78, 5) is 29.3. The van der Waals surface area contributed by atoms with Gasteiger partial charge in [-0.15, -0.1) is 0 Å². The van der Waals surface area contributed by atoms with Crippen molar-refractivity contribution in [1.29, 1.82) is 0 Å². The van der Waals surface area contributed by atoms with Gasteiger partial charge >= 0.3 is 6.03 Å². The minimum absolute atomic E-state index is 0.0674. The molecule has 0 spiro atoms. The van der Waals surface area contributed by atoms with E-state index in [0.717, 1.165) is 0 Å². The summed E-state index contributed by atoms with van der Waals surface area (Å²) in [5, 5.41) is 16.3. The van der Waals surface area contributed by atoms with Crippen LogP contribution in [0.1, 0.15) is 30.9 Å². The number of aliphatic hydroxyl groups is 1. The number of nitrogens with zero attached hydrogens (tertiary/aromatic N) is 3. The number of fused-ring (bicyclic) bond motifs is 1. The average Bonchev–Trinajstić information content (AvgIpc) is 3.32. The minimum Gasteiger partial charge on any atom is -0.488 e. The molecule has 2 heterocycles. The lowest BCUT2D eigenvalue weighted by Crippen LogP contribution is -2.48. The van der Waals surface area contributed by atoms with E-state index in [-0.39, 0.29) is 60.0 Å². The third-order valence-corrected chi connectivity index (χ3v) is 8.93. The number of nitrogens with one attached hydrogen (secondary N) is 2. The van der Waals surface area contributed by atoms with Crippen LogP contribution in [0, 0.1) is 25.6 Å². The highest BCUT2D eigenvalue weighted by molar-refractivity contribution is 7.92. The van der Waals surface area contributed by atoms with Crippen molar-refractivity contribution in [2.75, 3.05) is 36.8 Å².